The first kappa shape index (κ1) is 18.3. The van der Waals surface area contributed by atoms with Gasteiger partial charge in [0.1, 0.15) is 0 Å². The molecule has 0 fully saturated rings. The summed E-state index contributed by atoms with van der Waals surface area (Å²) in [4.78, 5) is 12.3. The normalized spacial score (nSPS) is 12.3. The van der Waals surface area contributed by atoms with E-state index in [9.17, 15) is 4.79 Å². The molecular formula is C20H21N3O2. The van der Waals surface area contributed by atoms with E-state index in [0.29, 0.717) is 5.56 Å². The van der Waals surface area contributed by atoms with Crippen molar-refractivity contribution in [2.45, 2.75) is 19.0 Å². The van der Waals surface area contributed by atoms with Crippen LogP contribution in [0.25, 0.3) is 0 Å². The Hall–Kier alpha value is -3.07. The van der Waals surface area contributed by atoms with E-state index in [2.05, 4.69) is 23.7 Å². The van der Waals surface area contributed by atoms with Gasteiger partial charge in [-0.2, -0.15) is 0 Å². The molecule has 5 N–H and O–H groups in total. The molecule has 128 valence electrons. The van der Waals surface area contributed by atoms with Crippen molar-refractivity contribution in [3.8, 4) is 11.8 Å². The zero-order valence-electron chi connectivity index (χ0n) is 14.0. The number of carbonyl (C=O) groups excluding carboxylic acids is 1. The molecule has 0 bridgehead atoms. The van der Waals surface area contributed by atoms with E-state index in [1.54, 1.807) is 31.2 Å². The monoisotopic (exact) mass is 335 g/mol. The zero-order valence-corrected chi connectivity index (χ0v) is 14.0. The van der Waals surface area contributed by atoms with Gasteiger partial charge >= 0.3 is 0 Å². The van der Waals surface area contributed by atoms with Crippen LogP contribution < -0.4 is 16.5 Å². The molecule has 5 heteroatoms. The molecule has 1 amide bonds. The predicted octanol–water partition coefficient (Wildman–Crippen LogP) is 2.02. The smallest absolute Gasteiger partial charge is 0.251 e. The van der Waals surface area contributed by atoms with Crippen molar-refractivity contribution < 1.29 is 10.0 Å². The van der Waals surface area contributed by atoms with Crippen LogP contribution in [0.2, 0.25) is 0 Å². The van der Waals surface area contributed by atoms with Gasteiger partial charge < -0.3 is 11.1 Å². The van der Waals surface area contributed by atoms with Crippen LogP contribution in [-0.2, 0) is 0 Å². The summed E-state index contributed by atoms with van der Waals surface area (Å²) in [5.41, 5.74) is 10.2. The zero-order chi connectivity index (χ0) is 18.2. The van der Waals surface area contributed by atoms with E-state index < -0.39 is 12.1 Å². The standard InChI is InChI=1S/C20H21N3O2/c1-14(21)19(15(2)23-25)22-20(24)18-12-10-17(11-13-18)9-8-16-6-4-3-5-7-16/h3-7,10-14,19,23,25H,2,21H2,1H3,(H,22,24)/t14-,19-/m1/s1. The highest BCUT2D eigenvalue weighted by molar-refractivity contribution is 5.94. The third-order valence-corrected chi connectivity index (χ3v) is 3.60. The van der Waals surface area contributed by atoms with Crippen LogP contribution in [0.3, 0.4) is 0 Å². The Morgan fingerprint density at radius 3 is 2.16 bits per heavy atom. The topological polar surface area (TPSA) is 87.4 Å². The highest BCUT2D eigenvalue weighted by atomic mass is 16.5. The van der Waals surface area contributed by atoms with E-state index in [1.807, 2.05) is 35.8 Å². The third-order valence-electron chi connectivity index (χ3n) is 3.60. The number of amides is 1. The van der Waals surface area contributed by atoms with Gasteiger partial charge in [-0.05, 0) is 43.3 Å². The second-order valence-electron chi connectivity index (χ2n) is 5.64. The molecule has 25 heavy (non-hydrogen) atoms. The minimum absolute atomic E-state index is 0.230. The molecule has 0 aliphatic rings. The van der Waals surface area contributed by atoms with E-state index in [1.165, 1.54) is 0 Å². The molecule has 2 aromatic carbocycles. The average molecular weight is 335 g/mol. The largest absolute Gasteiger partial charge is 0.342 e. The number of hydrogen-bond donors (Lipinski definition) is 4. The van der Waals surface area contributed by atoms with Crippen LogP contribution in [0.4, 0.5) is 0 Å². The van der Waals surface area contributed by atoms with Gasteiger partial charge in [0.25, 0.3) is 5.91 Å². The quantitative estimate of drug-likeness (QED) is 0.497. The fraction of sp³-hybridized carbons (Fsp3) is 0.150. The molecule has 0 saturated heterocycles. The van der Waals surface area contributed by atoms with Crippen molar-refractivity contribution >= 4 is 5.91 Å². The number of hydroxylamine groups is 1. The number of nitrogens with one attached hydrogen (secondary N) is 2. The molecular weight excluding hydrogens is 314 g/mol. The Labute approximate surface area is 147 Å². The second kappa shape index (κ2) is 8.69. The minimum atomic E-state index is -0.588. The maximum Gasteiger partial charge on any atom is 0.251 e. The lowest BCUT2D eigenvalue weighted by Gasteiger charge is -2.23. The summed E-state index contributed by atoms with van der Waals surface area (Å²) in [6.45, 7) is 5.35. The summed E-state index contributed by atoms with van der Waals surface area (Å²) >= 11 is 0. The van der Waals surface area contributed by atoms with Crippen LogP contribution in [0.15, 0.2) is 66.9 Å². The Kier molecular flexibility index (Phi) is 6.35. The molecule has 2 atom stereocenters. The van der Waals surface area contributed by atoms with Crippen LogP contribution in [0.1, 0.15) is 28.4 Å². The highest BCUT2D eigenvalue weighted by Crippen LogP contribution is 2.07. The summed E-state index contributed by atoms with van der Waals surface area (Å²) in [6, 6.07) is 15.6. The van der Waals surface area contributed by atoms with Gasteiger partial charge in [0.05, 0.1) is 11.7 Å². The lowest BCUT2D eigenvalue weighted by Crippen LogP contribution is -2.49. The summed E-state index contributed by atoms with van der Waals surface area (Å²) < 4.78 is 0. The SMILES string of the molecule is C=C(NO)[C@H](NC(=O)c1ccc(C#Cc2ccccc2)cc1)[C@@H](C)N. The lowest BCUT2D eigenvalue weighted by molar-refractivity contribution is 0.0929. The Balaban J connectivity index is 2.07. The van der Waals surface area contributed by atoms with Crippen molar-refractivity contribution in [2.24, 2.45) is 5.73 Å². The van der Waals surface area contributed by atoms with E-state index >= 15 is 0 Å². The molecule has 0 aliphatic heterocycles. The molecule has 0 saturated carbocycles. The fourth-order valence-corrected chi connectivity index (χ4v) is 2.20. The molecule has 2 rings (SSSR count). The van der Waals surface area contributed by atoms with E-state index in [0.717, 1.165) is 11.1 Å². The van der Waals surface area contributed by atoms with Crippen molar-refractivity contribution in [1.82, 2.24) is 10.8 Å². The molecule has 0 aromatic heterocycles. The van der Waals surface area contributed by atoms with Crippen molar-refractivity contribution in [1.29, 1.82) is 0 Å². The summed E-state index contributed by atoms with van der Waals surface area (Å²) in [5, 5.41) is 11.7. The van der Waals surface area contributed by atoms with Gasteiger partial charge in [0.2, 0.25) is 0 Å². The van der Waals surface area contributed by atoms with Gasteiger partial charge in [0.15, 0.2) is 0 Å². The Morgan fingerprint density at radius 2 is 1.64 bits per heavy atom. The third kappa shape index (κ3) is 5.21. The van der Waals surface area contributed by atoms with Crippen LogP contribution in [0.5, 0.6) is 0 Å². The van der Waals surface area contributed by atoms with Gasteiger partial charge in [-0.25, -0.2) is 0 Å². The molecule has 0 spiro atoms. The number of nitrogens with two attached hydrogens (primary N) is 1. The number of rotatable bonds is 5. The average Bonchev–Trinajstić information content (AvgIpc) is 2.64. The van der Waals surface area contributed by atoms with Crippen LogP contribution in [0, 0.1) is 11.8 Å². The van der Waals surface area contributed by atoms with E-state index in [4.69, 9.17) is 10.9 Å². The lowest BCUT2D eigenvalue weighted by atomic mass is 10.1. The maximum atomic E-state index is 12.3. The Bertz CT molecular complexity index is 787. The first-order valence-electron chi connectivity index (χ1n) is 7.83. The number of carbonyl (C=O) groups is 1. The van der Waals surface area contributed by atoms with Crippen molar-refractivity contribution in [3.63, 3.8) is 0 Å². The van der Waals surface area contributed by atoms with Gasteiger partial charge in [0, 0.05) is 22.7 Å². The number of benzene rings is 2. The minimum Gasteiger partial charge on any atom is -0.342 e. The highest BCUT2D eigenvalue weighted by Gasteiger charge is 2.20. The second-order valence-corrected chi connectivity index (χ2v) is 5.64. The van der Waals surface area contributed by atoms with Crippen molar-refractivity contribution in [3.05, 3.63) is 83.6 Å². The van der Waals surface area contributed by atoms with Crippen molar-refractivity contribution in [2.75, 3.05) is 0 Å². The van der Waals surface area contributed by atoms with Gasteiger partial charge in [-0.1, -0.05) is 36.6 Å². The first-order chi connectivity index (χ1) is 12.0. The summed E-state index contributed by atoms with van der Waals surface area (Å²) in [6.07, 6.45) is 0. The Morgan fingerprint density at radius 1 is 1.08 bits per heavy atom. The molecule has 2 aromatic rings. The molecule has 5 nitrogen and oxygen atoms in total. The molecule has 0 unspecified atom stereocenters. The van der Waals surface area contributed by atoms with E-state index in [-0.39, 0.29) is 11.6 Å². The van der Waals surface area contributed by atoms with Gasteiger partial charge in [-0.15, -0.1) is 0 Å². The van der Waals surface area contributed by atoms with Crippen LogP contribution >= 0.6 is 0 Å². The fourth-order valence-electron chi connectivity index (χ4n) is 2.20. The maximum absolute atomic E-state index is 12.3. The van der Waals surface area contributed by atoms with Gasteiger partial charge in [-0.3, -0.25) is 15.5 Å². The predicted molar refractivity (Wildman–Crippen MR) is 97.8 cm³/mol. The van der Waals surface area contributed by atoms with Crippen LogP contribution in [-0.4, -0.2) is 23.2 Å². The first-order valence-corrected chi connectivity index (χ1v) is 7.83. The molecule has 0 aliphatic carbocycles. The molecule has 0 heterocycles. The summed E-state index contributed by atoms with van der Waals surface area (Å²) in [5.74, 6) is 5.81. The summed E-state index contributed by atoms with van der Waals surface area (Å²) in [7, 11) is 0. The number of hydrogen-bond acceptors (Lipinski definition) is 4. The molecule has 0 radical (unpaired) electrons.